The van der Waals surface area contributed by atoms with Crippen LogP contribution >= 0.6 is 12.2 Å². The van der Waals surface area contributed by atoms with Gasteiger partial charge in [-0.3, -0.25) is 0 Å². The first-order chi connectivity index (χ1) is 10.1. The van der Waals surface area contributed by atoms with E-state index in [2.05, 4.69) is 4.98 Å². The normalized spacial score (nSPS) is 12.5. The molecular formula is C16H15FN2OS. The number of aromatic nitrogens is 2. The number of H-pyrrole nitrogens is 1. The van der Waals surface area contributed by atoms with Gasteiger partial charge in [-0.25, -0.2) is 4.39 Å². The molecule has 0 radical (unpaired) electrons. The van der Waals surface area contributed by atoms with Gasteiger partial charge in [-0.15, -0.1) is 0 Å². The molecular weight excluding hydrogens is 287 g/mol. The van der Waals surface area contributed by atoms with E-state index in [1.54, 1.807) is 13.2 Å². The quantitative estimate of drug-likeness (QED) is 0.724. The molecule has 5 heteroatoms. The average molecular weight is 302 g/mol. The molecule has 1 heterocycles. The highest BCUT2D eigenvalue weighted by Gasteiger charge is 2.14. The van der Waals surface area contributed by atoms with E-state index in [1.807, 2.05) is 35.8 Å². The summed E-state index contributed by atoms with van der Waals surface area (Å²) in [6, 6.07) is 12.2. The minimum Gasteiger partial charge on any atom is -0.497 e. The van der Waals surface area contributed by atoms with Gasteiger partial charge in [0.05, 0.1) is 24.2 Å². The van der Waals surface area contributed by atoms with E-state index in [0.29, 0.717) is 4.77 Å². The Morgan fingerprint density at radius 2 is 2.05 bits per heavy atom. The maximum Gasteiger partial charge on any atom is 0.178 e. The highest BCUT2D eigenvalue weighted by atomic mass is 32.1. The number of hydrogen-bond donors (Lipinski definition) is 1. The molecule has 3 rings (SSSR count). The Morgan fingerprint density at radius 3 is 2.76 bits per heavy atom. The van der Waals surface area contributed by atoms with E-state index in [-0.39, 0.29) is 11.9 Å². The average Bonchev–Trinajstić information content (AvgIpc) is 2.81. The van der Waals surface area contributed by atoms with Crippen LogP contribution in [-0.2, 0) is 0 Å². The SMILES string of the molecule is COc1ccc2[nH]c(=S)n(C(C)c3cccc(F)c3)c2c1. The Morgan fingerprint density at radius 1 is 1.24 bits per heavy atom. The van der Waals surface area contributed by atoms with Crippen LogP contribution in [0.15, 0.2) is 42.5 Å². The van der Waals surface area contributed by atoms with Crippen molar-refractivity contribution < 1.29 is 9.13 Å². The first-order valence-corrected chi connectivity index (χ1v) is 7.04. The second-order valence-corrected chi connectivity index (χ2v) is 5.30. The number of hydrogen-bond acceptors (Lipinski definition) is 2. The lowest BCUT2D eigenvalue weighted by Gasteiger charge is -2.15. The van der Waals surface area contributed by atoms with Crippen molar-refractivity contribution in [2.75, 3.05) is 7.11 Å². The molecule has 0 aliphatic rings. The van der Waals surface area contributed by atoms with Crippen molar-refractivity contribution in [3.05, 3.63) is 58.6 Å². The third kappa shape index (κ3) is 2.45. The largest absolute Gasteiger partial charge is 0.497 e. The van der Waals surface area contributed by atoms with Crippen molar-refractivity contribution in [3.63, 3.8) is 0 Å². The lowest BCUT2D eigenvalue weighted by Crippen LogP contribution is -2.07. The van der Waals surface area contributed by atoms with Crippen molar-refractivity contribution >= 4 is 23.3 Å². The predicted octanol–water partition coefficient (Wildman–Crippen LogP) is 4.46. The summed E-state index contributed by atoms with van der Waals surface area (Å²) in [6.07, 6.45) is 0. The monoisotopic (exact) mass is 302 g/mol. The van der Waals surface area contributed by atoms with E-state index in [9.17, 15) is 4.39 Å². The van der Waals surface area contributed by atoms with Crippen LogP contribution in [-0.4, -0.2) is 16.7 Å². The number of nitrogens with zero attached hydrogens (tertiary/aromatic N) is 1. The molecule has 1 aromatic heterocycles. The number of imidazole rings is 1. The molecule has 1 atom stereocenters. The summed E-state index contributed by atoms with van der Waals surface area (Å²) >= 11 is 5.41. The number of benzene rings is 2. The highest BCUT2D eigenvalue weighted by Crippen LogP contribution is 2.27. The molecule has 108 valence electrons. The number of ether oxygens (including phenoxy) is 1. The predicted molar refractivity (Wildman–Crippen MR) is 83.9 cm³/mol. The van der Waals surface area contributed by atoms with Crippen LogP contribution in [0.25, 0.3) is 11.0 Å². The summed E-state index contributed by atoms with van der Waals surface area (Å²) in [5, 5.41) is 0. The molecule has 0 amide bonds. The molecule has 3 nitrogen and oxygen atoms in total. The fourth-order valence-electron chi connectivity index (χ4n) is 2.53. The van der Waals surface area contributed by atoms with Crippen LogP contribution < -0.4 is 4.74 Å². The molecule has 0 aliphatic carbocycles. The van der Waals surface area contributed by atoms with Crippen LogP contribution in [0.3, 0.4) is 0 Å². The molecule has 1 unspecified atom stereocenters. The van der Waals surface area contributed by atoms with Gasteiger partial charge in [0, 0.05) is 6.07 Å². The Bertz CT molecular complexity index is 853. The van der Waals surface area contributed by atoms with E-state index < -0.39 is 0 Å². The third-order valence-electron chi connectivity index (χ3n) is 3.64. The van der Waals surface area contributed by atoms with E-state index in [4.69, 9.17) is 17.0 Å². The fourth-order valence-corrected chi connectivity index (χ4v) is 2.89. The van der Waals surface area contributed by atoms with Crippen LogP contribution in [0.4, 0.5) is 4.39 Å². The second-order valence-electron chi connectivity index (χ2n) is 4.91. The number of nitrogens with one attached hydrogen (secondary N) is 1. The lowest BCUT2D eigenvalue weighted by molar-refractivity contribution is 0.415. The summed E-state index contributed by atoms with van der Waals surface area (Å²) in [5.41, 5.74) is 2.75. The van der Waals surface area contributed by atoms with Gasteiger partial charge in [-0.05, 0) is 49.0 Å². The lowest BCUT2D eigenvalue weighted by atomic mass is 10.1. The summed E-state index contributed by atoms with van der Waals surface area (Å²) in [6.45, 7) is 2.00. The van der Waals surface area contributed by atoms with E-state index >= 15 is 0 Å². The maximum atomic E-state index is 13.4. The Hall–Kier alpha value is -2.14. The Labute approximate surface area is 127 Å². The standard InChI is InChI=1S/C16H15FN2OS/c1-10(11-4-3-5-12(17)8-11)19-15-9-13(20-2)6-7-14(15)18-16(19)21/h3-10H,1-2H3,(H,18,21). The molecule has 0 saturated heterocycles. The van der Waals surface area contributed by atoms with Gasteiger partial charge in [-0.1, -0.05) is 12.1 Å². The van der Waals surface area contributed by atoms with Gasteiger partial charge in [0.2, 0.25) is 0 Å². The minimum absolute atomic E-state index is 0.0749. The van der Waals surface area contributed by atoms with Gasteiger partial charge in [0.25, 0.3) is 0 Å². The molecule has 21 heavy (non-hydrogen) atoms. The van der Waals surface area contributed by atoms with Crippen molar-refractivity contribution in [2.45, 2.75) is 13.0 Å². The molecule has 0 spiro atoms. The zero-order valence-electron chi connectivity index (χ0n) is 11.8. The first-order valence-electron chi connectivity index (χ1n) is 6.64. The highest BCUT2D eigenvalue weighted by molar-refractivity contribution is 7.71. The molecule has 0 bridgehead atoms. The van der Waals surface area contributed by atoms with Crippen LogP contribution in [0.2, 0.25) is 0 Å². The molecule has 0 saturated carbocycles. The first kappa shape index (κ1) is 13.8. The summed E-state index contributed by atoms with van der Waals surface area (Å²) < 4.78 is 21.3. The van der Waals surface area contributed by atoms with Crippen molar-refractivity contribution in [1.29, 1.82) is 0 Å². The molecule has 2 aromatic carbocycles. The number of aromatic amines is 1. The van der Waals surface area contributed by atoms with E-state index in [0.717, 1.165) is 22.3 Å². The molecule has 3 aromatic rings. The van der Waals surface area contributed by atoms with Gasteiger partial charge >= 0.3 is 0 Å². The van der Waals surface area contributed by atoms with Crippen molar-refractivity contribution in [1.82, 2.24) is 9.55 Å². The Kier molecular flexibility index (Phi) is 3.51. The van der Waals surface area contributed by atoms with Gasteiger partial charge < -0.3 is 14.3 Å². The van der Waals surface area contributed by atoms with Crippen LogP contribution in [0.1, 0.15) is 18.5 Å². The molecule has 1 N–H and O–H groups in total. The maximum absolute atomic E-state index is 13.4. The summed E-state index contributed by atoms with van der Waals surface area (Å²) in [5.74, 6) is 0.514. The molecule has 0 aliphatic heterocycles. The number of rotatable bonds is 3. The summed E-state index contributed by atoms with van der Waals surface area (Å²) in [7, 11) is 1.63. The number of methoxy groups -OCH3 is 1. The van der Waals surface area contributed by atoms with Gasteiger partial charge in [-0.2, -0.15) is 0 Å². The number of halogens is 1. The second kappa shape index (κ2) is 5.33. The fraction of sp³-hybridized carbons (Fsp3) is 0.188. The zero-order valence-corrected chi connectivity index (χ0v) is 12.6. The Balaban J connectivity index is 2.19. The molecule has 0 fully saturated rings. The van der Waals surface area contributed by atoms with Gasteiger partial charge in [0.15, 0.2) is 4.77 Å². The third-order valence-corrected chi connectivity index (χ3v) is 3.94. The summed E-state index contributed by atoms with van der Waals surface area (Å²) in [4.78, 5) is 3.17. The van der Waals surface area contributed by atoms with Crippen molar-refractivity contribution in [3.8, 4) is 5.75 Å². The van der Waals surface area contributed by atoms with Crippen molar-refractivity contribution in [2.24, 2.45) is 0 Å². The number of fused-ring (bicyclic) bond motifs is 1. The van der Waals surface area contributed by atoms with E-state index in [1.165, 1.54) is 12.1 Å². The van der Waals surface area contributed by atoms with Crippen LogP contribution in [0, 0.1) is 10.6 Å². The van der Waals surface area contributed by atoms with Gasteiger partial charge in [0.1, 0.15) is 11.6 Å². The van der Waals surface area contributed by atoms with Crippen LogP contribution in [0.5, 0.6) is 5.75 Å². The zero-order chi connectivity index (χ0) is 15.0. The smallest absolute Gasteiger partial charge is 0.178 e. The topological polar surface area (TPSA) is 29.9 Å². The minimum atomic E-state index is -0.247.